The first-order valence-corrected chi connectivity index (χ1v) is 4.50. The van der Waals surface area contributed by atoms with Gasteiger partial charge in [0, 0.05) is 6.07 Å². The Morgan fingerprint density at radius 3 is 2.87 bits per heavy atom. The van der Waals surface area contributed by atoms with E-state index in [1.807, 2.05) is 0 Å². The van der Waals surface area contributed by atoms with Crippen LogP contribution in [0.4, 0.5) is 0 Å². The van der Waals surface area contributed by atoms with E-state index in [9.17, 15) is 10.0 Å². The van der Waals surface area contributed by atoms with E-state index in [1.54, 1.807) is 24.3 Å². The van der Waals surface area contributed by atoms with E-state index in [0.717, 1.165) is 0 Å². The molecule has 1 heterocycles. The molecule has 5 nitrogen and oxygen atoms in total. The Bertz CT molecular complexity index is 503. The molecule has 0 bridgehead atoms. The van der Waals surface area contributed by atoms with Gasteiger partial charge in [-0.2, -0.15) is 0 Å². The van der Waals surface area contributed by atoms with Crippen LogP contribution in [0.1, 0.15) is 12.3 Å². The Morgan fingerprint density at radius 1 is 1.47 bits per heavy atom. The zero-order valence-electron chi connectivity index (χ0n) is 7.84. The lowest BCUT2D eigenvalue weighted by Gasteiger charge is -1.93. The van der Waals surface area contributed by atoms with Gasteiger partial charge in [0.15, 0.2) is 0 Å². The molecule has 0 saturated carbocycles. The van der Waals surface area contributed by atoms with Crippen molar-refractivity contribution in [2.24, 2.45) is 0 Å². The van der Waals surface area contributed by atoms with Crippen molar-refractivity contribution in [3.63, 3.8) is 0 Å². The molecule has 1 aromatic carbocycles. The van der Waals surface area contributed by atoms with Gasteiger partial charge in [0.05, 0.1) is 12.8 Å². The van der Waals surface area contributed by atoms with Crippen molar-refractivity contribution in [1.29, 1.82) is 0 Å². The Kier molecular flexibility index (Phi) is 2.29. The fraction of sp³-hybridized carbons (Fsp3) is 0.200. The molecule has 0 aliphatic rings. The zero-order valence-corrected chi connectivity index (χ0v) is 7.84. The van der Waals surface area contributed by atoms with Gasteiger partial charge in [-0.05, 0) is 6.07 Å². The number of rotatable bonds is 3. The van der Waals surface area contributed by atoms with Crippen molar-refractivity contribution >= 4 is 17.1 Å². The summed E-state index contributed by atoms with van der Waals surface area (Å²) >= 11 is 0. The number of aliphatic carboxylic acids is 1. The maximum atomic E-state index is 11.6. The van der Waals surface area contributed by atoms with E-state index >= 15 is 0 Å². The summed E-state index contributed by atoms with van der Waals surface area (Å²) in [5.41, 5.74) is 0.908. The van der Waals surface area contributed by atoms with Crippen LogP contribution in [0.15, 0.2) is 28.7 Å². The van der Waals surface area contributed by atoms with Gasteiger partial charge in [-0.25, -0.2) is 0 Å². The van der Waals surface area contributed by atoms with Gasteiger partial charge in [-0.1, -0.05) is 12.1 Å². The summed E-state index contributed by atoms with van der Waals surface area (Å²) in [6.07, 6.45) is -0.00439. The fourth-order valence-corrected chi connectivity index (χ4v) is 1.38. The Morgan fingerprint density at radius 2 is 2.20 bits per heavy atom. The summed E-state index contributed by atoms with van der Waals surface area (Å²) < 4.78 is 5.87. The van der Waals surface area contributed by atoms with E-state index < -0.39 is 5.97 Å². The largest absolute Gasteiger partial charge is 0.616 e. The predicted molar refractivity (Wildman–Crippen MR) is 51.1 cm³/mol. The van der Waals surface area contributed by atoms with E-state index in [2.05, 4.69) is 0 Å². The highest BCUT2D eigenvalue weighted by Crippen LogP contribution is 2.13. The van der Waals surface area contributed by atoms with Crippen LogP contribution in [-0.4, -0.2) is 11.1 Å². The molecular weight excluding hydrogens is 198 g/mol. The van der Waals surface area contributed by atoms with Gasteiger partial charge in [0.1, 0.15) is 0 Å². The maximum Gasteiger partial charge on any atom is 0.360 e. The minimum absolute atomic E-state index is 0.105. The molecule has 0 aliphatic carbocycles. The molecule has 0 spiro atoms. The molecule has 1 aromatic heterocycles. The summed E-state index contributed by atoms with van der Waals surface area (Å²) in [7, 11) is 0. The summed E-state index contributed by atoms with van der Waals surface area (Å²) in [5.74, 6) is -0.811. The summed E-state index contributed by atoms with van der Waals surface area (Å²) in [6.45, 7) is 0. The predicted octanol–water partition coefficient (Wildman–Crippen LogP) is 1.08. The first-order chi connectivity index (χ1) is 7.18. The Balaban J connectivity index is 2.36. The van der Waals surface area contributed by atoms with Crippen molar-refractivity contribution in [2.75, 3.05) is 0 Å². The maximum absolute atomic E-state index is 11.6. The first kappa shape index (κ1) is 9.51. The molecule has 1 N–H and O–H groups in total. The quantitative estimate of drug-likeness (QED) is 0.603. The summed E-state index contributed by atoms with van der Waals surface area (Å²) in [6, 6.07) is 6.80. The number of aryl methyl sites for hydroxylation is 1. The second kappa shape index (κ2) is 3.61. The van der Waals surface area contributed by atoms with E-state index in [1.165, 1.54) is 0 Å². The number of para-hydroxylation sites is 2. The minimum atomic E-state index is -0.949. The third-order valence-electron chi connectivity index (χ3n) is 2.09. The minimum Gasteiger partial charge on any atom is -0.616 e. The topological polar surface area (TPSA) is 77.4 Å². The molecule has 0 atom stereocenters. The molecule has 0 fully saturated rings. The van der Waals surface area contributed by atoms with Gasteiger partial charge in [-0.3, -0.25) is 4.79 Å². The van der Waals surface area contributed by atoms with Gasteiger partial charge in [0.2, 0.25) is 5.58 Å². The Hall–Kier alpha value is -2.04. The molecule has 78 valence electrons. The Labute approximate surface area is 85.1 Å². The lowest BCUT2D eigenvalue weighted by molar-refractivity contribution is -0.592. The zero-order chi connectivity index (χ0) is 10.8. The third-order valence-corrected chi connectivity index (χ3v) is 2.09. The second-order valence-electron chi connectivity index (χ2n) is 3.15. The van der Waals surface area contributed by atoms with Crippen molar-refractivity contribution in [3.05, 3.63) is 35.4 Å². The van der Waals surface area contributed by atoms with Gasteiger partial charge < -0.3 is 14.7 Å². The number of carboxylic acids is 1. The molecular formula is C10H9NO4. The smallest absolute Gasteiger partial charge is 0.360 e. The molecule has 0 radical (unpaired) electrons. The van der Waals surface area contributed by atoms with Crippen LogP contribution in [-0.2, 0) is 11.2 Å². The SMILES string of the molecule is O=C(O)CCc1oc2ccccc2[n+]1[O-]. The van der Waals surface area contributed by atoms with Crippen molar-refractivity contribution in [3.8, 4) is 0 Å². The van der Waals surface area contributed by atoms with Crippen molar-refractivity contribution in [2.45, 2.75) is 12.8 Å². The van der Waals surface area contributed by atoms with Crippen LogP contribution >= 0.6 is 0 Å². The first-order valence-electron chi connectivity index (χ1n) is 4.50. The number of carbonyl (C=O) groups is 1. The monoisotopic (exact) mass is 207 g/mol. The molecule has 5 heteroatoms. The molecule has 2 rings (SSSR count). The molecule has 0 saturated heterocycles. The van der Waals surface area contributed by atoms with Crippen LogP contribution in [0.2, 0.25) is 0 Å². The fourth-order valence-electron chi connectivity index (χ4n) is 1.38. The number of hydrogen-bond acceptors (Lipinski definition) is 3. The van der Waals surface area contributed by atoms with Gasteiger partial charge in [-0.15, -0.1) is 4.73 Å². The van der Waals surface area contributed by atoms with Crippen LogP contribution in [0.5, 0.6) is 0 Å². The number of fused-ring (bicyclic) bond motifs is 1. The molecule has 0 unspecified atom stereocenters. The summed E-state index contributed by atoms with van der Waals surface area (Å²) in [5, 5.41) is 20.1. The molecule has 0 amide bonds. The second-order valence-corrected chi connectivity index (χ2v) is 3.15. The molecule has 2 aromatic rings. The molecule has 15 heavy (non-hydrogen) atoms. The highest BCUT2D eigenvalue weighted by atomic mass is 16.5. The standard InChI is InChI=1S/C10H9NO4/c12-10(13)6-5-9-11(14)7-3-1-2-4-8(7)15-9/h1-4H,5-6H2,(H,12,13). The average Bonchev–Trinajstić information content (AvgIpc) is 2.54. The highest BCUT2D eigenvalue weighted by molar-refractivity contribution is 5.69. The van der Waals surface area contributed by atoms with Crippen molar-refractivity contribution in [1.82, 2.24) is 0 Å². The normalized spacial score (nSPS) is 10.7. The lowest BCUT2D eigenvalue weighted by Crippen LogP contribution is -2.29. The van der Waals surface area contributed by atoms with E-state index in [0.29, 0.717) is 15.8 Å². The van der Waals surface area contributed by atoms with Gasteiger partial charge in [0.25, 0.3) is 5.52 Å². The van der Waals surface area contributed by atoms with E-state index in [4.69, 9.17) is 9.52 Å². The van der Waals surface area contributed by atoms with Crippen LogP contribution in [0.25, 0.3) is 11.1 Å². The number of aromatic nitrogens is 1. The number of benzene rings is 1. The van der Waals surface area contributed by atoms with E-state index in [-0.39, 0.29) is 18.7 Å². The molecule has 0 aliphatic heterocycles. The van der Waals surface area contributed by atoms with Crippen LogP contribution < -0.4 is 4.73 Å². The van der Waals surface area contributed by atoms with Crippen molar-refractivity contribution < 1.29 is 19.0 Å². The lowest BCUT2D eigenvalue weighted by atomic mass is 10.3. The van der Waals surface area contributed by atoms with Gasteiger partial charge >= 0.3 is 11.9 Å². The number of oxazole rings is 1. The van der Waals surface area contributed by atoms with Crippen LogP contribution in [0.3, 0.4) is 0 Å². The number of carboxylic acid groups (broad SMARTS) is 1. The third kappa shape index (κ3) is 1.76. The summed E-state index contributed by atoms with van der Waals surface area (Å²) in [4.78, 5) is 10.3. The number of hydrogen-bond donors (Lipinski definition) is 1. The number of nitrogens with zero attached hydrogens (tertiary/aromatic N) is 1. The van der Waals surface area contributed by atoms with Crippen LogP contribution in [0, 0.1) is 5.21 Å². The highest BCUT2D eigenvalue weighted by Gasteiger charge is 2.17. The average molecular weight is 207 g/mol.